The van der Waals surface area contributed by atoms with Crippen molar-refractivity contribution in [1.82, 2.24) is 10.6 Å². The van der Waals surface area contributed by atoms with Gasteiger partial charge in [0.05, 0.1) is 0 Å². The number of rotatable bonds is 12. The van der Waals surface area contributed by atoms with Crippen LogP contribution in [0.15, 0.2) is 48.5 Å². The van der Waals surface area contributed by atoms with E-state index in [4.69, 9.17) is 4.74 Å². The fraction of sp³-hybridized carbons (Fsp3) is 0.423. The molecule has 0 bridgehead atoms. The summed E-state index contributed by atoms with van der Waals surface area (Å²) in [5, 5.41) is 14.6. The molecule has 2 aromatic rings. The second-order valence-electron chi connectivity index (χ2n) is 8.59. The van der Waals surface area contributed by atoms with Crippen LogP contribution in [0.5, 0.6) is 0 Å². The molecule has 1 aliphatic rings. The number of hydrogen-bond acceptors (Lipinski definition) is 5. The summed E-state index contributed by atoms with van der Waals surface area (Å²) in [5.41, 5.74) is 4.68. The maximum atomic E-state index is 12.3. The Morgan fingerprint density at radius 1 is 1.03 bits per heavy atom. The van der Waals surface area contributed by atoms with Gasteiger partial charge in [-0.15, -0.1) is 0 Å². The summed E-state index contributed by atoms with van der Waals surface area (Å²) in [6.45, 7) is 2.53. The van der Waals surface area contributed by atoms with Gasteiger partial charge in [0.2, 0.25) is 5.91 Å². The first-order valence-electron chi connectivity index (χ1n) is 11.5. The molecule has 2 aromatic carbocycles. The van der Waals surface area contributed by atoms with E-state index in [1.807, 2.05) is 37.4 Å². The number of ether oxygens (including phenoxy) is 1. The van der Waals surface area contributed by atoms with Crippen molar-refractivity contribution < 1.29 is 24.2 Å². The van der Waals surface area contributed by atoms with Gasteiger partial charge in [0.25, 0.3) is 0 Å². The minimum Gasteiger partial charge on any atom is -0.480 e. The van der Waals surface area contributed by atoms with E-state index in [1.54, 1.807) is 11.8 Å². The molecule has 1 unspecified atom stereocenters. The number of thioether (sulfide) groups is 1. The molecule has 2 atom stereocenters. The zero-order valence-corrected chi connectivity index (χ0v) is 20.4. The summed E-state index contributed by atoms with van der Waals surface area (Å²) in [5.74, 6) is -0.649. The van der Waals surface area contributed by atoms with E-state index in [1.165, 1.54) is 11.1 Å². The number of carboxylic acids is 1. The van der Waals surface area contributed by atoms with Crippen LogP contribution in [0, 0.1) is 5.92 Å². The second kappa shape index (κ2) is 12.5. The monoisotopic (exact) mass is 484 g/mol. The lowest BCUT2D eigenvalue weighted by Crippen LogP contribution is -2.41. The van der Waals surface area contributed by atoms with Crippen molar-refractivity contribution in [3.8, 4) is 11.1 Å². The van der Waals surface area contributed by atoms with Crippen LogP contribution >= 0.6 is 11.8 Å². The molecule has 1 aliphatic carbocycles. The molecule has 182 valence electrons. The summed E-state index contributed by atoms with van der Waals surface area (Å²) >= 11 is 1.54. The smallest absolute Gasteiger partial charge is 0.407 e. The van der Waals surface area contributed by atoms with Crippen molar-refractivity contribution in [1.29, 1.82) is 0 Å². The fourth-order valence-electron chi connectivity index (χ4n) is 4.23. The summed E-state index contributed by atoms with van der Waals surface area (Å²) in [4.78, 5) is 35.7. The van der Waals surface area contributed by atoms with Gasteiger partial charge in [-0.2, -0.15) is 11.8 Å². The van der Waals surface area contributed by atoms with Crippen LogP contribution in [-0.2, 0) is 14.3 Å². The van der Waals surface area contributed by atoms with E-state index in [2.05, 4.69) is 34.9 Å². The van der Waals surface area contributed by atoms with Crippen molar-refractivity contribution >= 4 is 29.7 Å². The highest BCUT2D eigenvalue weighted by Gasteiger charge is 2.29. The lowest BCUT2D eigenvalue weighted by molar-refractivity contribution is -0.142. The Labute approximate surface area is 204 Å². The van der Waals surface area contributed by atoms with E-state index in [0.717, 1.165) is 11.1 Å². The predicted octanol–water partition coefficient (Wildman–Crippen LogP) is 4.26. The number of hydrogen-bond donors (Lipinski definition) is 3. The van der Waals surface area contributed by atoms with Gasteiger partial charge >= 0.3 is 12.1 Å². The first-order valence-corrected chi connectivity index (χ1v) is 12.9. The molecule has 34 heavy (non-hydrogen) atoms. The number of amides is 2. The molecule has 0 aromatic heterocycles. The molecule has 0 heterocycles. The van der Waals surface area contributed by atoms with Crippen LogP contribution in [0.3, 0.4) is 0 Å². The Balaban J connectivity index is 1.40. The molecule has 8 heteroatoms. The van der Waals surface area contributed by atoms with Gasteiger partial charge in [-0.3, -0.25) is 4.79 Å². The SMILES string of the molecule is CSCC[C@@H](NC(=O)CC(C)CCNC(=O)OCC1c2ccccc2-c2ccccc21)C(=O)O. The summed E-state index contributed by atoms with van der Waals surface area (Å²) in [7, 11) is 0. The third-order valence-corrected chi connectivity index (χ3v) is 6.67. The molecule has 0 aliphatic heterocycles. The topological polar surface area (TPSA) is 105 Å². The van der Waals surface area contributed by atoms with Gasteiger partial charge in [0.1, 0.15) is 12.6 Å². The number of carboxylic acid groups (broad SMARTS) is 1. The standard InChI is InChI=1S/C26H32N2O5S/c1-17(15-24(29)28-23(25(30)31)12-14-34-2)11-13-27-26(32)33-16-22-20-9-5-3-7-18(20)19-8-4-6-10-21(19)22/h3-10,17,22-23H,11-16H2,1-2H3,(H,27,32)(H,28,29)(H,30,31)/t17?,23-/m1/s1. The summed E-state index contributed by atoms with van der Waals surface area (Å²) in [6.07, 6.45) is 2.59. The van der Waals surface area contributed by atoms with Crippen LogP contribution in [0.2, 0.25) is 0 Å². The Bertz CT molecular complexity index is 967. The molecule has 0 radical (unpaired) electrons. The van der Waals surface area contributed by atoms with Gasteiger partial charge in [0, 0.05) is 18.9 Å². The van der Waals surface area contributed by atoms with E-state index in [-0.39, 0.29) is 30.8 Å². The summed E-state index contributed by atoms with van der Waals surface area (Å²) < 4.78 is 5.52. The number of carbonyl (C=O) groups excluding carboxylic acids is 2. The zero-order chi connectivity index (χ0) is 24.5. The lowest BCUT2D eigenvalue weighted by Gasteiger charge is -2.17. The number of alkyl carbamates (subject to hydrolysis) is 1. The number of aliphatic carboxylic acids is 1. The zero-order valence-electron chi connectivity index (χ0n) is 19.6. The highest BCUT2D eigenvalue weighted by molar-refractivity contribution is 7.98. The minimum atomic E-state index is -1.02. The van der Waals surface area contributed by atoms with Crippen LogP contribution < -0.4 is 10.6 Å². The maximum Gasteiger partial charge on any atom is 0.407 e. The molecule has 7 nitrogen and oxygen atoms in total. The average molecular weight is 485 g/mol. The second-order valence-corrected chi connectivity index (χ2v) is 9.58. The quantitative estimate of drug-likeness (QED) is 0.416. The van der Waals surface area contributed by atoms with Gasteiger partial charge in [-0.25, -0.2) is 9.59 Å². The predicted molar refractivity (Wildman–Crippen MR) is 134 cm³/mol. The van der Waals surface area contributed by atoms with Crippen molar-refractivity contribution in [2.24, 2.45) is 5.92 Å². The van der Waals surface area contributed by atoms with E-state index >= 15 is 0 Å². The Morgan fingerprint density at radius 3 is 2.24 bits per heavy atom. The number of benzene rings is 2. The van der Waals surface area contributed by atoms with E-state index in [0.29, 0.717) is 25.1 Å². The maximum absolute atomic E-state index is 12.3. The van der Waals surface area contributed by atoms with Gasteiger partial charge in [-0.05, 0) is 53.0 Å². The molecule has 0 spiro atoms. The molecular formula is C26H32N2O5S. The third kappa shape index (κ3) is 6.76. The third-order valence-electron chi connectivity index (χ3n) is 6.03. The van der Waals surface area contributed by atoms with Crippen molar-refractivity contribution in [2.75, 3.05) is 25.2 Å². The Kier molecular flexibility index (Phi) is 9.39. The molecule has 0 saturated carbocycles. The number of carbonyl (C=O) groups is 3. The first-order chi connectivity index (χ1) is 16.4. The minimum absolute atomic E-state index is 0.00839. The average Bonchev–Trinajstić information content (AvgIpc) is 3.14. The normalized spacial score (nSPS) is 13.9. The summed E-state index contributed by atoms with van der Waals surface area (Å²) in [6, 6.07) is 15.5. The van der Waals surface area contributed by atoms with Gasteiger partial charge in [-0.1, -0.05) is 55.5 Å². The van der Waals surface area contributed by atoms with E-state index in [9.17, 15) is 19.5 Å². The van der Waals surface area contributed by atoms with Crippen LogP contribution in [0.25, 0.3) is 11.1 Å². The molecule has 2 amide bonds. The molecule has 3 N–H and O–H groups in total. The Hall–Kier alpha value is -3.00. The van der Waals surface area contributed by atoms with Gasteiger partial charge < -0.3 is 20.5 Å². The fourth-order valence-corrected chi connectivity index (χ4v) is 4.71. The van der Waals surface area contributed by atoms with Crippen LogP contribution in [-0.4, -0.2) is 54.3 Å². The highest BCUT2D eigenvalue weighted by atomic mass is 32.2. The van der Waals surface area contributed by atoms with Crippen molar-refractivity contribution in [3.63, 3.8) is 0 Å². The van der Waals surface area contributed by atoms with Crippen molar-refractivity contribution in [3.05, 3.63) is 59.7 Å². The first kappa shape index (κ1) is 25.6. The van der Waals surface area contributed by atoms with Crippen molar-refractivity contribution in [2.45, 2.75) is 38.1 Å². The van der Waals surface area contributed by atoms with E-state index < -0.39 is 18.1 Å². The molecule has 0 fully saturated rings. The lowest BCUT2D eigenvalue weighted by atomic mass is 9.98. The number of nitrogens with one attached hydrogen (secondary N) is 2. The highest BCUT2D eigenvalue weighted by Crippen LogP contribution is 2.44. The van der Waals surface area contributed by atoms with Crippen LogP contribution in [0.4, 0.5) is 4.79 Å². The molecular weight excluding hydrogens is 452 g/mol. The molecule has 3 rings (SSSR count). The largest absolute Gasteiger partial charge is 0.480 e. The van der Waals surface area contributed by atoms with Crippen LogP contribution in [0.1, 0.15) is 43.2 Å². The molecule has 0 saturated heterocycles. The van der Waals surface area contributed by atoms with Gasteiger partial charge in [0.15, 0.2) is 0 Å². The Morgan fingerprint density at radius 2 is 1.65 bits per heavy atom. The number of fused-ring (bicyclic) bond motifs is 3.